The summed E-state index contributed by atoms with van der Waals surface area (Å²) in [6.45, 7) is 6.52. The molecule has 0 atom stereocenters. The van der Waals surface area contributed by atoms with E-state index in [1.165, 1.54) is 25.7 Å². The summed E-state index contributed by atoms with van der Waals surface area (Å²) >= 11 is 0. The Hall–Kier alpha value is -1.63. The maximum absolute atomic E-state index is 9.10. The van der Waals surface area contributed by atoms with Crippen molar-refractivity contribution in [2.24, 2.45) is 5.41 Å². The first-order chi connectivity index (χ1) is 8.74. The Morgan fingerprint density at radius 3 is 2.56 bits per heavy atom. The van der Waals surface area contributed by atoms with Crippen LogP contribution in [0, 0.1) is 16.7 Å². The maximum atomic E-state index is 9.10. The second kappa shape index (κ2) is 5.34. The van der Waals surface area contributed by atoms with Gasteiger partial charge in [0.25, 0.3) is 0 Å². The van der Waals surface area contributed by atoms with E-state index in [0.29, 0.717) is 11.0 Å². The fourth-order valence-electron chi connectivity index (χ4n) is 2.80. The van der Waals surface area contributed by atoms with Crippen molar-refractivity contribution in [1.82, 2.24) is 10.2 Å². The monoisotopic (exact) mass is 244 g/mol. The summed E-state index contributed by atoms with van der Waals surface area (Å²) in [6.07, 6.45) is 6.42. The van der Waals surface area contributed by atoms with Crippen LogP contribution in [-0.2, 0) is 0 Å². The van der Waals surface area contributed by atoms with Gasteiger partial charge in [0, 0.05) is 13.1 Å². The van der Waals surface area contributed by atoms with Crippen LogP contribution in [0.3, 0.4) is 0 Å². The molecule has 2 heterocycles. The number of hydrogen-bond acceptors (Lipinski definition) is 4. The number of piperidine rings is 1. The highest BCUT2D eigenvalue weighted by molar-refractivity contribution is 5.52. The minimum atomic E-state index is 0.492. The van der Waals surface area contributed by atoms with E-state index in [-0.39, 0.29) is 0 Å². The van der Waals surface area contributed by atoms with Gasteiger partial charge in [-0.2, -0.15) is 10.4 Å². The van der Waals surface area contributed by atoms with Gasteiger partial charge in [0.05, 0.1) is 11.8 Å². The molecule has 1 aliphatic heterocycles. The molecule has 1 aliphatic rings. The number of nitrogens with zero attached hydrogens (tertiary/aromatic N) is 4. The van der Waals surface area contributed by atoms with Crippen LogP contribution in [0.15, 0.2) is 12.3 Å². The van der Waals surface area contributed by atoms with Crippen LogP contribution >= 0.6 is 0 Å². The Kier molecular flexibility index (Phi) is 3.81. The average molecular weight is 244 g/mol. The molecule has 0 aliphatic carbocycles. The summed E-state index contributed by atoms with van der Waals surface area (Å²) in [7, 11) is 0. The quantitative estimate of drug-likeness (QED) is 0.820. The van der Waals surface area contributed by atoms with E-state index in [9.17, 15) is 0 Å². The molecule has 2 rings (SSSR count). The number of rotatable bonds is 3. The first-order valence-electron chi connectivity index (χ1n) is 6.71. The Balaban J connectivity index is 2.13. The molecule has 0 amide bonds. The van der Waals surface area contributed by atoms with Crippen molar-refractivity contribution in [1.29, 1.82) is 5.26 Å². The third-order valence-corrected chi connectivity index (χ3v) is 4.45. The van der Waals surface area contributed by atoms with Crippen LogP contribution in [0.25, 0.3) is 0 Å². The summed E-state index contributed by atoms with van der Waals surface area (Å²) in [4.78, 5) is 2.20. The molecule has 1 fully saturated rings. The van der Waals surface area contributed by atoms with Crippen molar-refractivity contribution < 1.29 is 0 Å². The van der Waals surface area contributed by atoms with Crippen molar-refractivity contribution in [3.05, 3.63) is 17.8 Å². The highest BCUT2D eigenvalue weighted by Gasteiger charge is 2.32. The van der Waals surface area contributed by atoms with Crippen LogP contribution in [-0.4, -0.2) is 23.3 Å². The van der Waals surface area contributed by atoms with Crippen molar-refractivity contribution in [3.8, 4) is 6.07 Å². The lowest BCUT2D eigenvalue weighted by Gasteiger charge is -2.41. The van der Waals surface area contributed by atoms with Crippen molar-refractivity contribution in [3.63, 3.8) is 0 Å². The fraction of sp³-hybridized carbons (Fsp3) is 0.643. The highest BCUT2D eigenvalue weighted by Crippen LogP contribution is 2.39. The van der Waals surface area contributed by atoms with Gasteiger partial charge in [0.15, 0.2) is 5.82 Å². The van der Waals surface area contributed by atoms with E-state index in [0.717, 1.165) is 18.9 Å². The van der Waals surface area contributed by atoms with Crippen LogP contribution in [0.5, 0.6) is 0 Å². The van der Waals surface area contributed by atoms with Crippen LogP contribution in [0.1, 0.15) is 45.1 Å². The molecule has 1 aromatic rings. The molecule has 4 heteroatoms. The lowest BCUT2D eigenvalue weighted by molar-refractivity contribution is 0.199. The van der Waals surface area contributed by atoms with E-state index in [1.807, 2.05) is 0 Å². The van der Waals surface area contributed by atoms with E-state index in [1.54, 1.807) is 12.3 Å². The molecule has 0 spiro atoms. The molecule has 4 nitrogen and oxygen atoms in total. The summed E-state index contributed by atoms with van der Waals surface area (Å²) in [6, 6.07) is 3.94. The number of aromatic nitrogens is 2. The van der Waals surface area contributed by atoms with Gasteiger partial charge in [-0.15, -0.1) is 5.10 Å². The highest BCUT2D eigenvalue weighted by atomic mass is 15.3. The predicted octanol–water partition coefficient (Wildman–Crippen LogP) is 2.75. The van der Waals surface area contributed by atoms with Gasteiger partial charge in [-0.05, 0) is 24.3 Å². The van der Waals surface area contributed by atoms with Gasteiger partial charge >= 0.3 is 0 Å². The Morgan fingerprint density at radius 2 is 2.00 bits per heavy atom. The summed E-state index contributed by atoms with van der Waals surface area (Å²) in [5.74, 6) is 0.751. The van der Waals surface area contributed by atoms with Gasteiger partial charge < -0.3 is 4.90 Å². The molecule has 96 valence electrons. The topological polar surface area (TPSA) is 52.8 Å². The molecule has 0 radical (unpaired) electrons. The van der Waals surface area contributed by atoms with E-state index >= 15 is 0 Å². The Bertz CT molecular complexity index is 435. The molecule has 0 aromatic carbocycles. The summed E-state index contributed by atoms with van der Waals surface area (Å²) in [5, 5.41) is 17.1. The van der Waals surface area contributed by atoms with Gasteiger partial charge in [-0.25, -0.2) is 0 Å². The van der Waals surface area contributed by atoms with Crippen LogP contribution in [0.4, 0.5) is 5.82 Å². The lowest BCUT2D eigenvalue weighted by atomic mass is 9.74. The SMILES string of the molecule is CCC1(CC)CCN(c2nnccc2C#N)CC1. The van der Waals surface area contributed by atoms with Gasteiger partial charge in [0.1, 0.15) is 6.07 Å². The first-order valence-corrected chi connectivity index (χ1v) is 6.71. The van der Waals surface area contributed by atoms with Crippen molar-refractivity contribution in [2.45, 2.75) is 39.5 Å². The van der Waals surface area contributed by atoms with Crippen LogP contribution in [0.2, 0.25) is 0 Å². The molecule has 18 heavy (non-hydrogen) atoms. The fourth-order valence-corrected chi connectivity index (χ4v) is 2.80. The van der Waals surface area contributed by atoms with Gasteiger partial charge in [-0.3, -0.25) is 0 Å². The summed E-state index contributed by atoms with van der Waals surface area (Å²) in [5.41, 5.74) is 1.12. The minimum absolute atomic E-state index is 0.492. The Labute approximate surface area is 109 Å². The molecule has 1 saturated heterocycles. The van der Waals surface area contributed by atoms with Crippen molar-refractivity contribution in [2.75, 3.05) is 18.0 Å². The predicted molar refractivity (Wildman–Crippen MR) is 71.2 cm³/mol. The zero-order chi connectivity index (χ0) is 13.0. The first kappa shape index (κ1) is 12.8. The normalized spacial score (nSPS) is 18.4. The smallest absolute Gasteiger partial charge is 0.169 e. The number of nitriles is 1. The third kappa shape index (κ3) is 2.31. The largest absolute Gasteiger partial charge is 0.354 e. The molecular weight excluding hydrogens is 224 g/mol. The number of anilines is 1. The number of hydrogen-bond donors (Lipinski definition) is 0. The second-order valence-electron chi connectivity index (χ2n) is 5.07. The second-order valence-corrected chi connectivity index (χ2v) is 5.07. The van der Waals surface area contributed by atoms with E-state index in [2.05, 4.69) is 35.0 Å². The van der Waals surface area contributed by atoms with Crippen LogP contribution < -0.4 is 4.90 Å². The van der Waals surface area contributed by atoms with Gasteiger partial charge in [-0.1, -0.05) is 26.7 Å². The van der Waals surface area contributed by atoms with E-state index < -0.39 is 0 Å². The zero-order valence-electron chi connectivity index (χ0n) is 11.2. The van der Waals surface area contributed by atoms with Crippen molar-refractivity contribution >= 4 is 5.82 Å². The minimum Gasteiger partial charge on any atom is -0.354 e. The average Bonchev–Trinajstić information content (AvgIpc) is 2.47. The van der Waals surface area contributed by atoms with E-state index in [4.69, 9.17) is 5.26 Å². The third-order valence-electron chi connectivity index (χ3n) is 4.45. The summed E-state index contributed by atoms with van der Waals surface area (Å²) < 4.78 is 0. The molecule has 0 unspecified atom stereocenters. The zero-order valence-corrected chi connectivity index (χ0v) is 11.2. The molecular formula is C14H20N4. The maximum Gasteiger partial charge on any atom is 0.169 e. The molecule has 1 aromatic heterocycles. The molecule has 0 bridgehead atoms. The standard InChI is InChI=1S/C14H20N4/c1-3-14(4-2)6-9-18(10-7-14)13-12(11-15)5-8-16-17-13/h5,8H,3-4,6-7,9-10H2,1-2H3. The van der Waals surface area contributed by atoms with Gasteiger partial charge in [0.2, 0.25) is 0 Å². The lowest BCUT2D eigenvalue weighted by Crippen LogP contribution is -2.40. The molecule has 0 N–H and O–H groups in total. The molecule has 0 saturated carbocycles. The Morgan fingerprint density at radius 1 is 1.33 bits per heavy atom.